The Morgan fingerprint density at radius 3 is 2.36 bits per heavy atom. The largest absolute Gasteiger partial charge is 0.464 e. The van der Waals surface area contributed by atoms with Crippen LogP contribution in [-0.4, -0.2) is 46.8 Å². The highest BCUT2D eigenvalue weighted by atomic mass is 35.5. The lowest BCUT2D eigenvalue weighted by Crippen LogP contribution is -2.67. The summed E-state index contributed by atoms with van der Waals surface area (Å²) in [7, 11) is 1.26. The summed E-state index contributed by atoms with van der Waals surface area (Å²) in [5, 5.41) is -0.464. The van der Waals surface area contributed by atoms with E-state index in [4.69, 9.17) is 10.5 Å². The van der Waals surface area contributed by atoms with Gasteiger partial charge < -0.3 is 10.5 Å². The van der Waals surface area contributed by atoms with Gasteiger partial charge in [0, 0.05) is 5.56 Å². The normalized spacial score (nSPS) is 18.7. The molecule has 6 nitrogen and oxygen atoms in total. The standard InChI is InChI=1S/C17H20N2O4S.ClH/c1-10(2)14(17(22)23-3)19-15(21)13(18)16(19)24-9-12(20)11-7-5-4-6-8-11;/h4-8,13,16H,9,18H2,1-3H3;1H/t13-,16-;/m1./s1. The van der Waals surface area contributed by atoms with Gasteiger partial charge in [-0.3, -0.25) is 14.5 Å². The van der Waals surface area contributed by atoms with Crippen LogP contribution in [0.4, 0.5) is 0 Å². The van der Waals surface area contributed by atoms with Crippen molar-refractivity contribution in [3.8, 4) is 0 Å². The van der Waals surface area contributed by atoms with Crippen LogP contribution in [0.25, 0.3) is 0 Å². The van der Waals surface area contributed by atoms with Crippen molar-refractivity contribution in [2.45, 2.75) is 25.3 Å². The van der Waals surface area contributed by atoms with E-state index >= 15 is 0 Å². The summed E-state index contributed by atoms with van der Waals surface area (Å²) in [6.07, 6.45) is 0. The molecule has 1 amide bonds. The monoisotopic (exact) mass is 384 g/mol. The molecule has 1 fully saturated rings. The molecule has 25 heavy (non-hydrogen) atoms. The third-order valence-corrected chi connectivity index (χ3v) is 4.93. The SMILES string of the molecule is COC(=O)C(=C(C)C)N1C(=O)[C@@H](N)[C@H]1SCC(=O)c1ccccc1.Cl. The molecule has 0 unspecified atom stereocenters. The van der Waals surface area contributed by atoms with Crippen LogP contribution in [-0.2, 0) is 14.3 Å². The number of hydrogen-bond donors (Lipinski definition) is 1. The van der Waals surface area contributed by atoms with Gasteiger partial charge in [-0.2, -0.15) is 0 Å². The Labute approximate surface area is 157 Å². The van der Waals surface area contributed by atoms with Crippen molar-refractivity contribution in [2.24, 2.45) is 5.73 Å². The highest BCUT2D eigenvalue weighted by Gasteiger charge is 2.49. The molecule has 2 atom stereocenters. The number of nitrogens with two attached hydrogens (primary N) is 1. The average molecular weight is 385 g/mol. The van der Waals surface area contributed by atoms with Crippen LogP contribution >= 0.6 is 24.2 Å². The lowest BCUT2D eigenvalue weighted by molar-refractivity contribution is -0.149. The number of β-lactam (4-membered cyclic amide) rings is 1. The second kappa shape index (κ2) is 9.03. The molecular weight excluding hydrogens is 364 g/mol. The predicted octanol–water partition coefficient (Wildman–Crippen LogP) is 1.99. The summed E-state index contributed by atoms with van der Waals surface area (Å²) >= 11 is 1.25. The molecule has 1 aliphatic rings. The molecule has 1 heterocycles. The predicted molar refractivity (Wildman–Crippen MR) is 99.5 cm³/mol. The fourth-order valence-corrected chi connectivity index (χ4v) is 3.58. The molecular formula is C17H21ClN2O4S. The molecule has 1 aromatic rings. The summed E-state index contributed by atoms with van der Waals surface area (Å²) in [5.41, 5.74) is 7.31. The number of Topliss-reactive ketones (excluding diaryl/α,β-unsaturated/α-hetero) is 1. The highest BCUT2D eigenvalue weighted by Crippen LogP contribution is 2.34. The van der Waals surface area contributed by atoms with E-state index in [1.54, 1.807) is 38.1 Å². The minimum atomic E-state index is -0.738. The number of thioether (sulfide) groups is 1. The Hall–Kier alpha value is -1.83. The topological polar surface area (TPSA) is 89.7 Å². The van der Waals surface area contributed by atoms with Crippen LogP contribution in [0.5, 0.6) is 0 Å². The molecule has 0 aliphatic carbocycles. The van der Waals surface area contributed by atoms with Crippen LogP contribution in [0.15, 0.2) is 41.6 Å². The summed E-state index contributed by atoms with van der Waals surface area (Å²) in [6.45, 7) is 3.44. The maximum absolute atomic E-state index is 12.2. The number of carbonyl (C=O) groups is 3. The molecule has 136 valence electrons. The number of methoxy groups -OCH3 is 1. The Morgan fingerprint density at radius 1 is 1.24 bits per heavy atom. The number of likely N-dealkylation sites (tertiary alicyclic amines) is 1. The minimum absolute atomic E-state index is 0. The summed E-state index contributed by atoms with van der Waals surface area (Å²) in [6, 6.07) is 8.16. The van der Waals surface area contributed by atoms with E-state index in [-0.39, 0.29) is 35.5 Å². The van der Waals surface area contributed by atoms with Crippen LogP contribution in [0, 0.1) is 0 Å². The average Bonchev–Trinajstić information content (AvgIpc) is 2.60. The second-order valence-corrected chi connectivity index (χ2v) is 6.67. The molecule has 2 rings (SSSR count). The maximum Gasteiger partial charge on any atom is 0.354 e. The van der Waals surface area contributed by atoms with E-state index in [0.29, 0.717) is 11.1 Å². The zero-order valence-corrected chi connectivity index (χ0v) is 15.9. The number of amides is 1. The Kier molecular flexibility index (Phi) is 7.66. The van der Waals surface area contributed by atoms with Gasteiger partial charge in [-0.05, 0) is 19.4 Å². The van der Waals surface area contributed by atoms with Gasteiger partial charge in [0.05, 0.1) is 12.9 Å². The molecule has 0 aromatic heterocycles. The Morgan fingerprint density at radius 2 is 1.84 bits per heavy atom. The van der Waals surface area contributed by atoms with Gasteiger partial charge >= 0.3 is 5.97 Å². The van der Waals surface area contributed by atoms with E-state index in [1.807, 2.05) is 6.07 Å². The zero-order valence-electron chi connectivity index (χ0n) is 14.2. The number of carbonyl (C=O) groups excluding carboxylic acids is 3. The molecule has 2 N–H and O–H groups in total. The third-order valence-electron chi connectivity index (χ3n) is 3.66. The fraction of sp³-hybridized carbons (Fsp3) is 0.353. The number of ether oxygens (including phenoxy) is 1. The van der Waals surface area contributed by atoms with Gasteiger partial charge in [-0.25, -0.2) is 4.79 Å². The Bertz CT molecular complexity index is 689. The van der Waals surface area contributed by atoms with Crippen LogP contribution in [0.2, 0.25) is 0 Å². The van der Waals surface area contributed by atoms with Crippen LogP contribution in [0.3, 0.4) is 0 Å². The first-order chi connectivity index (χ1) is 11.4. The summed E-state index contributed by atoms with van der Waals surface area (Å²) in [4.78, 5) is 37.6. The molecule has 8 heteroatoms. The first-order valence-corrected chi connectivity index (χ1v) is 8.47. The fourth-order valence-electron chi connectivity index (χ4n) is 2.41. The Balaban J connectivity index is 0.00000312. The van der Waals surface area contributed by atoms with Crippen molar-refractivity contribution in [1.82, 2.24) is 4.90 Å². The number of benzene rings is 1. The van der Waals surface area contributed by atoms with Gasteiger partial charge in [-0.15, -0.1) is 24.2 Å². The molecule has 0 spiro atoms. The molecule has 0 bridgehead atoms. The van der Waals surface area contributed by atoms with Crippen molar-refractivity contribution < 1.29 is 19.1 Å². The number of halogens is 1. The summed E-state index contributed by atoms with van der Waals surface area (Å²) < 4.78 is 4.75. The van der Waals surface area contributed by atoms with Gasteiger partial charge in [0.25, 0.3) is 0 Å². The van der Waals surface area contributed by atoms with E-state index in [0.717, 1.165) is 0 Å². The van der Waals surface area contributed by atoms with Crippen molar-refractivity contribution in [1.29, 1.82) is 0 Å². The quantitative estimate of drug-likeness (QED) is 0.349. The van der Waals surface area contributed by atoms with Crippen molar-refractivity contribution in [3.63, 3.8) is 0 Å². The van der Waals surface area contributed by atoms with Gasteiger partial charge in [0.15, 0.2) is 5.78 Å². The van der Waals surface area contributed by atoms with Crippen molar-refractivity contribution >= 4 is 41.8 Å². The van der Waals surface area contributed by atoms with E-state index in [9.17, 15) is 14.4 Å². The molecule has 1 aromatic carbocycles. The minimum Gasteiger partial charge on any atom is -0.464 e. The summed E-state index contributed by atoms with van der Waals surface area (Å²) in [5.74, 6) is -0.816. The number of rotatable bonds is 6. The smallest absolute Gasteiger partial charge is 0.354 e. The van der Waals surface area contributed by atoms with E-state index in [1.165, 1.54) is 23.8 Å². The van der Waals surface area contributed by atoms with E-state index < -0.39 is 17.4 Å². The lowest BCUT2D eigenvalue weighted by Gasteiger charge is -2.45. The van der Waals surface area contributed by atoms with Crippen LogP contribution < -0.4 is 5.73 Å². The second-order valence-electron chi connectivity index (χ2n) is 5.56. The highest BCUT2D eigenvalue weighted by molar-refractivity contribution is 8.00. The molecule has 0 radical (unpaired) electrons. The number of hydrogen-bond acceptors (Lipinski definition) is 6. The molecule has 1 aliphatic heterocycles. The number of allylic oxidation sites excluding steroid dienone is 1. The number of nitrogens with zero attached hydrogens (tertiary/aromatic N) is 1. The lowest BCUT2D eigenvalue weighted by atomic mass is 10.1. The number of ketones is 1. The molecule has 1 saturated heterocycles. The van der Waals surface area contributed by atoms with Crippen LogP contribution in [0.1, 0.15) is 24.2 Å². The van der Waals surface area contributed by atoms with E-state index in [2.05, 4.69) is 0 Å². The third kappa shape index (κ3) is 4.42. The first-order valence-electron chi connectivity index (χ1n) is 7.42. The van der Waals surface area contributed by atoms with Gasteiger partial charge in [0.1, 0.15) is 17.1 Å². The van der Waals surface area contributed by atoms with Gasteiger partial charge in [0.2, 0.25) is 5.91 Å². The number of esters is 1. The maximum atomic E-state index is 12.2. The van der Waals surface area contributed by atoms with Gasteiger partial charge in [-0.1, -0.05) is 30.3 Å². The van der Waals surface area contributed by atoms with Crippen molar-refractivity contribution in [3.05, 3.63) is 47.2 Å². The first kappa shape index (κ1) is 21.2. The zero-order chi connectivity index (χ0) is 17.9. The van der Waals surface area contributed by atoms with Crippen molar-refractivity contribution in [2.75, 3.05) is 12.9 Å². The molecule has 0 saturated carbocycles.